The van der Waals surface area contributed by atoms with Crippen LogP contribution in [0.4, 0.5) is 0 Å². The van der Waals surface area contributed by atoms with Crippen molar-refractivity contribution >= 4 is 15.9 Å². The number of benzene rings is 2. The molecular formula is C18H22BrN. The Balaban J connectivity index is 2.24. The second kappa shape index (κ2) is 6.55. The lowest BCUT2D eigenvalue weighted by atomic mass is 9.95. The molecule has 0 saturated heterocycles. The first-order chi connectivity index (χ1) is 9.47. The summed E-state index contributed by atoms with van der Waals surface area (Å²) in [6.07, 6.45) is 1.11. The third kappa shape index (κ3) is 3.71. The van der Waals surface area contributed by atoms with E-state index in [2.05, 4.69) is 79.2 Å². The quantitative estimate of drug-likeness (QED) is 0.837. The predicted octanol–water partition coefficient (Wildman–Crippen LogP) is 5.00. The molecule has 2 aromatic rings. The van der Waals surface area contributed by atoms with Crippen molar-refractivity contribution in [2.75, 3.05) is 0 Å². The Kier molecular flexibility index (Phi) is 5.00. The fourth-order valence-electron chi connectivity index (χ4n) is 2.41. The van der Waals surface area contributed by atoms with Crippen molar-refractivity contribution in [2.24, 2.45) is 11.7 Å². The van der Waals surface area contributed by atoms with Gasteiger partial charge in [-0.25, -0.2) is 0 Å². The topological polar surface area (TPSA) is 26.0 Å². The van der Waals surface area contributed by atoms with Gasteiger partial charge in [0, 0.05) is 4.47 Å². The second-order valence-electron chi connectivity index (χ2n) is 5.84. The van der Waals surface area contributed by atoms with Crippen molar-refractivity contribution in [3.05, 3.63) is 69.2 Å². The van der Waals surface area contributed by atoms with E-state index in [1.807, 2.05) is 0 Å². The summed E-state index contributed by atoms with van der Waals surface area (Å²) in [5.74, 6) is 0.681. The summed E-state index contributed by atoms with van der Waals surface area (Å²) in [4.78, 5) is 0. The van der Waals surface area contributed by atoms with E-state index in [0.717, 1.165) is 22.0 Å². The smallest absolute Gasteiger partial charge is 0.0562 e. The van der Waals surface area contributed by atoms with Gasteiger partial charge in [-0.1, -0.05) is 71.7 Å². The Hall–Kier alpha value is -1.12. The van der Waals surface area contributed by atoms with Gasteiger partial charge in [-0.05, 0) is 42.0 Å². The van der Waals surface area contributed by atoms with Crippen molar-refractivity contribution in [1.29, 1.82) is 0 Å². The summed E-state index contributed by atoms with van der Waals surface area (Å²) in [7, 11) is 0. The first-order valence-corrected chi connectivity index (χ1v) is 7.87. The molecule has 1 nitrogen and oxygen atoms in total. The van der Waals surface area contributed by atoms with E-state index >= 15 is 0 Å². The number of hydrogen-bond donors (Lipinski definition) is 1. The maximum atomic E-state index is 6.41. The van der Waals surface area contributed by atoms with E-state index in [0.29, 0.717) is 5.92 Å². The lowest BCUT2D eigenvalue weighted by Crippen LogP contribution is -2.12. The molecule has 0 heterocycles. The van der Waals surface area contributed by atoms with Crippen LogP contribution in [0.25, 0.3) is 0 Å². The predicted molar refractivity (Wildman–Crippen MR) is 89.9 cm³/mol. The molecular weight excluding hydrogens is 310 g/mol. The molecule has 0 radical (unpaired) electrons. The van der Waals surface area contributed by atoms with Gasteiger partial charge in [0.1, 0.15) is 0 Å². The van der Waals surface area contributed by atoms with Crippen LogP contribution in [0.5, 0.6) is 0 Å². The summed E-state index contributed by atoms with van der Waals surface area (Å²) >= 11 is 3.60. The first kappa shape index (κ1) is 15.3. The number of nitrogens with two attached hydrogens (primary N) is 1. The average molecular weight is 332 g/mol. The highest BCUT2D eigenvalue weighted by Gasteiger charge is 2.12. The minimum atomic E-state index is -0.0858. The molecule has 0 aliphatic carbocycles. The first-order valence-electron chi connectivity index (χ1n) is 7.08. The van der Waals surface area contributed by atoms with Crippen LogP contribution in [-0.2, 0) is 6.42 Å². The standard InChI is InChI=1S/C18H22BrN/c1-12(2)10-14-5-7-15(8-6-14)18(20)16-11-13(3)4-9-17(16)19/h4-9,11-12,18H,10,20H2,1-3H3. The fraction of sp³-hybridized carbons (Fsp3) is 0.333. The maximum Gasteiger partial charge on any atom is 0.0562 e. The molecule has 0 bridgehead atoms. The molecule has 1 unspecified atom stereocenters. The van der Waals surface area contributed by atoms with Gasteiger partial charge in [0.05, 0.1) is 6.04 Å². The van der Waals surface area contributed by atoms with Crippen LogP contribution in [0.3, 0.4) is 0 Å². The number of halogens is 1. The molecule has 0 aromatic heterocycles. The minimum Gasteiger partial charge on any atom is -0.320 e. The SMILES string of the molecule is Cc1ccc(Br)c(C(N)c2ccc(CC(C)C)cc2)c1. The summed E-state index contributed by atoms with van der Waals surface area (Å²) < 4.78 is 1.07. The van der Waals surface area contributed by atoms with Gasteiger partial charge in [0.25, 0.3) is 0 Å². The van der Waals surface area contributed by atoms with Crippen LogP contribution < -0.4 is 5.73 Å². The fourth-order valence-corrected chi connectivity index (χ4v) is 2.91. The van der Waals surface area contributed by atoms with Gasteiger partial charge >= 0.3 is 0 Å². The molecule has 1 atom stereocenters. The number of aryl methyl sites for hydroxylation is 1. The van der Waals surface area contributed by atoms with Crippen LogP contribution >= 0.6 is 15.9 Å². The Morgan fingerprint density at radius 1 is 1.05 bits per heavy atom. The molecule has 2 heteroatoms. The van der Waals surface area contributed by atoms with Crippen molar-refractivity contribution in [1.82, 2.24) is 0 Å². The molecule has 2 rings (SSSR count). The number of rotatable bonds is 4. The van der Waals surface area contributed by atoms with Crippen LogP contribution in [0, 0.1) is 12.8 Å². The average Bonchev–Trinajstić information content (AvgIpc) is 2.41. The zero-order valence-electron chi connectivity index (χ0n) is 12.4. The van der Waals surface area contributed by atoms with Gasteiger partial charge in [-0.3, -0.25) is 0 Å². The van der Waals surface area contributed by atoms with Crippen molar-refractivity contribution in [2.45, 2.75) is 33.2 Å². The zero-order valence-corrected chi connectivity index (χ0v) is 13.9. The van der Waals surface area contributed by atoms with Crippen molar-refractivity contribution < 1.29 is 0 Å². The van der Waals surface area contributed by atoms with Crippen molar-refractivity contribution in [3.63, 3.8) is 0 Å². The summed E-state index contributed by atoms with van der Waals surface area (Å²) in [6.45, 7) is 6.57. The summed E-state index contributed by atoms with van der Waals surface area (Å²) in [5, 5.41) is 0. The van der Waals surface area contributed by atoms with Gasteiger partial charge in [0.15, 0.2) is 0 Å². The normalized spacial score (nSPS) is 12.7. The Bertz CT molecular complexity index is 572. The summed E-state index contributed by atoms with van der Waals surface area (Å²) in [5.41, 5.74) is 11.3. The molecule has 2 aromatic carbocycles. The summed E-state index contributed by atoms with van der Waals surface area (Å²) in [6, 6.07) is 14.9. The molecule has 0 amide bonds. The Morgan fingerprint density at radius 2 is 1.70 bits per heavy atom. The van der Waals surface area contributed by atoms with Crippen LogP contribution in [0.1, 0.15) is 42.1 Å². The zero-order chi connectivity index (χ0) is 14.7. The molecule has 0 saturated carbocycles. The third-order valence-electron chi connectivity index (χ3n) is 3.47. The molecule has 0 aliphatic heterocycles. The van der Waals surface area contributed by atoms with E-state index in [1.165, 1.54) is 11.1 Å². The minimum absolute atomic E-state index is 0.0858. The number of hydrogen-bond acceptors (Lipinski definition) is 1. The largest absolute Gasteiger partial charge is 0.320 e. The van der Waals surface area contributed by atoms with Gasteiger partial charge in [0.2, 0.25) is 0 Å². The van der Waals surface area contributed by atoms with Gasteiger partial charge < -0.3 is 5.73 Å². The molecule has 20 heavy (non-hydrogen) atoms. The van der Waals surface area contributed by atoms with E-state index in [1.54, 1.807) is 0 Å². The Labute approximate surface area is 130 Å². The van der Waals surface area contributed by atoms with E-state index in [9.17, 15) is 0 Å². The molecule has 0 aliphatic rings. The van der Waals surface area contributed by atoms with Gasteiger partial charge in [-0.15, -0.1) is 0 Å². The molecule has 106 valence electrons. The van der Waals surface area contributed by atoms with Crippen LogP contribution in [0.2, 0.25) is 0 Å². The molecule has 2 N–H and O–H groups in total. The van der Waals surface area contributed by atoms with E-state index < -0.39 is 0 Å². The van der Waals surface area contributed by atoms with E-state index in [-0.39, 0.29) is 6.04 Å². The third-order valence-corrected chi connectivity index (χ3v) is 4.19. The lowest BCUT2D eigenvalue weighted by molar-refractivity contribution is 0.647. The Morgan fingerprint density at radius 3 is 2.30 bits per heavy atom. The van der Waals surface area contributed by atoms with E-state index in [4.69, 9.17) is 5.73 Å². The highest BCUT2D eigenvalue weighted by atomic mass is 79.9. The van der Waals surface area contributed by atoms with Crippen molar-refractivity contribution in [3.8, 4) is 0 Å². The van der Waals surface area contributed by atoms with Crippen LogP contribution in [-0.4, -0.2) is 0 Å². The monoisotopic (exact) mass is 331 g/mol. The maximum absolute atomic E-state index is 6.41. The molecule has 0 fully saturated rings. The van der Waals surface area contributed by atoms with Crippen LogP contribution in [0.15, 0.2) is 46.9 Å². The van der Waals surface area contributed by atoms with Gasteiger partial charge in [-0.2, -0.15) is 0 Å². The highest BCUT2D eigenvalue weighted by molar-refractivity contribution is 9.10. The highest BCUT2D eigenvalue weighted by Crippen LogP contribution is 2.28. The second-order valence-corrected chi connectivity index (χ2v) is 6.70. The molecule has 0 spiro atoms. The lowest BCUT2D eigenvalue weighted by Gasteiger charge is -2.16.